The number of thiophene rings is 1. The normalized spacial score (nSPS) is 11.0. The number of anilines is 1. The van der Waals surface area contributed by atoms with Crippen molar-refractivity contribution in [3.05, 3.63) is 50.1 Å². The summed E-state index contributed by atoms with van der Waals surface area (Å²) in [6, 6.07) is 1.89. The molecule has 0 aliphatic carbocycles. The van der Waals surface area contributed by atoms with E-state index in [1.54, 1.807) is 7.05 Å². The molecule has 3 rings (SSSR count). The van der Waals surface area contributed by atoms with E-state index in [0.717, 1.165) is 21.0 Å². The molecular weight excluding hydrogens is 297 g/mol. The average Bonchev–Trinajstić information content (AvgIpc) is 2.92. The molecule has 0 bridgehead atoms. The largest absolute Gasteiger partial charge is 0.372 e. The summed E-state index contributed by atoms with van der Waals surface area (Å²) in [4.78, 5) is 33.9. The molecule has 2 N–H and O–H groups in total. The zero-order valence-electron chi connectivity index (χ0n) is 10.9. The molecule has 0 aliphatic rings. The van der Waals surface area contributed by atoms with Crippen LogP contribution < -0.4 is 16.6 Å². The Morgan fingerprint density at radius 2 is 2.24 bits per heavy atom. The lowest BCUT2D eigenvalue weighted by Gasteiger charge is -2.07. The van der Waals surface area contributed by atoms with Gasteiger partial charge in [-0.25, -0.2) is 14.8 Å². The monoisotopic (exact) mass is 307 g/mol. The van der Waals surface area contributed by atoms with Gasteiger partial charge in [-0.05, 0) is 11.4 Å². The van der Waals surface area contributed by atoms with Crippen LogP contribution in [-0.4, -0.2) is 26.6 Å². The first-order valence-corrected chi connectivity index (χ1v) is 6.87. The molecule has 0 saturated carbocycles. The van der Waals surface area contributed by atoms with E-state index in [0.29, 0.717) is 11.6 Å². The summed E-state index contributed by atoms with van der Waals surface area (Å²) in [5, 5.41) is 5.72. The number of H-pyrrole nitrogens is 1. The zero-order valence-corrected chi connectivity index (χ0v) is 11.7. The lowest BCUT2D eigenvalue weighted by atomic mass is 10.3. The minimum absolute atomic E-state index is 0.0327. The van der Waals surface area contributed by atoms with Crippen LogP contribution >= 0.6 is 11.3 Å². The molecule has 3 aromatic heterocycles. The standard InChI is InChI=1S/C12H10FN5O2S/c1-14-9-6-2-3-21-11(6)16-8(15-9)5-18-4-7(13)10(19)17-12(18)20/h2-4H,5H2,1H3,(H,14,15,16)(H,17,19,20). The molecule has 0 fully saturated rings. The highest BCUT2D eigenvalue weighted by molar-refractivity contribution is 7.16. The van der Waals surface area contributed by atoms with Crippen LogP contribution in [-0.2, 0) is 6.54 Å². The Morgan fingerprint density at radius 3 is 3.00 bits per heavy atom. The van der Waals surface area contributed by atoms with Crippen LogP contribution in [0.2, 0.25) is 0 Å². The Morgan fingerprint density at radius 1 is 1.43 bits per heavy atom. The van der Waals surface area contributed by atoms with Gasteiger partial charge in [0.1, 0.15) is 10.6 Å². The summed E-state index contributed by atoms with van der Waals surface area (Å²) in [6.45, 7) is -0.0327. The van der Waals surface area contributed by atoms with Crippen LogP contribution in [0.15, 0.2) is 27.2 Å². The van der Waals surface area contributed by atoms with E-state index >= 15 is 0 Å². The van der Waals surface area contributed by atoms with Gasteiger partial charge in [0.05, 0.1) is 18.1 Å². The van der Waals surface area contributed by atoms with Crippen molar-refractivity contribution in [1.82, 2.24) is 19.5 Å². The second-order valence-electron chi connectivity index (χ2n) is 4.24. The van der Waals surface area contributed by atoms with E-state index in [1.165, 1.54) is 11.3 Å². The zero-order chi connectivity index (χ0) is 15.0. The van der Waals surface area contributed by atoms with Crippen LogP contribution in [0, 0.1) is 5.82 Å². The van der Waals surface area contributed by atoms with Gasteiger partial charge in [-0.1, -0.05) is 0 Å². The molecule has 21 heavy (non-hydrogen) atoms. The summed E-state index contributed by atoms with van der Waals surface area (Å²) in [7, 11) is 1.73. The van der Waals surface area contributed by atoms with Crippen LogP contribution in [0.3, 0.4) is 0 Å². The molecule has 3 aromatic rings. The molecule has 0 saturated heterocycles. The first-order chi connectivity index (χ1) is 10.1. The number of rotatable bonds is 3. The molecule has 7 nitrogen and oxygen atoms in total. The highest BCUT2D eigenvalue weighted by Crippen LogP contribution is 2.24. The Bertz CT molecular complexity index is 929. The van der Waals surface area contributed by atoms with Gasteiger partial charge in [-0.15, -0.1) is 11.3 Å². The number of aromatic nitrogens is 4. The van der Waals surface area contributed by atoms with E-state index in [-0.39, 0.29) is 6.54 Å². The highest BCUT2D eigenvalue weighted by Gasteiger charge is 2.10. The topological polar surface area (TPSA) is 92.7 Å². The summed E-state index contributed by atoms with van der Waals surface area (Å²) in [5.74, 6) is -0.0438. The lowest BCUT2D eigenvalue weighted by Crippen LogP contribution is -2.32. The SMILES string of the molecule is CNc1nc(Cn2cc(F)c(=O)[nH]c2=O)nc2sccc12. The van der Waals surface area contributed by atoms with Crippen LogP contribution in [0.25, 0.3) is 10.2 Å². The maximum absolute atomic E-state index is 13.3. The minimum Gasteiger partial charge on any atom is -0.372 e. The van der Waals surface area contributed by atoms with Crippen molar-refractivity contribution in [2.24, 2.45) is 0 Å². The third-order valence-corrected chi connectivity index (χ3v) is 3.69. The first kappa shape index (κ1) is 13.4. The minimum atomic E-state index is -1.04. The fourth-order valence-corrected chi connectivity index (χ4v) is 2.70. The molecule has 3 heterocycles. The molecule has 0 aromatic carbocycles. The smallest absolute Gasteiger partial charge is 0.328 e. The summed E-state index contributed by atoms with van der Waals surface area (Å²) in [6.07, 6.45) is 0.849. The Labute approximate surface area is 121 Å². The van der Waals surface area contributed by atoms with Crippen molar-refractivity contribution in [3.63, 3.8) is 0 Å². The van der Waals surface area contributed by atoms with Gasteiger partial charge in [0.25, 0.3) is 5.56 Å². The van der Waals surface area contributed by atoms with Gasteiger partial charge in [0.15, 0.2) is 5.82 Å². The van der Waals surface area contributed by atoms with E-state index in [9.17, 15) is 14.0 Å². The van der Waals surface area contributed by atoms with Gasteiger partial charge in [-0.3, -0.25) is 14.3 Å². The molecule has 0 radical (unpaired) electrons. The fraction of sp³-hybridized carbons (Fsp3) is 0.167. The van der Waals surface area contributed by atoms with Crippen LogP contribution in [0.4, 0.5) is 10.2 Å². The Balaban J connectivity index is 2.08. The first-order valence-electron chi connectivity index (χ1n) is 5.99. The van der Waals surface area contributed by atoms with Crippen molar-refractivity contribution in [3.8, 4) is 0 Å². The van der Waals surface area contributed by atoms with Gasteiger partial charge >= 0.3 is 5.69 Å². The number of fused-ring (bicyclic) bond motifs is 1. The van der Waals surface area contributed by atoms with Gasteiger partial charge in [0.2, 0.25) is 5.82 Å². The molecule has 9 heteroatoms. The van der Waals surface area contributed by atoms with E-state index in [2.05, 4.69) is 15.3 Å². The molecule has 0 spiro atoms. The average molecular weight is 307 g/mol. The molecule has 0 unspecified atom stereocenters. The van der Waals surface area contributed by atoms with Crippen LogP contribution in [0.1, 0.15) is 5.82 Å². The number of nitrogens with zero attached hydrogens (tertiary/aromatic N) is 3. The highest BCUT2D eigenvalue weighted by atomic mass is 32.1. The quantitative estimate of drug-likeness (QED) is 0.745. The van der Waals surface area contributed by atoms with Crippen molar-refractivity contribution in [2.75, 3.05) is 12.4 Å². The third kappa shape index (κ3) is 2.42. The van der Waals surface area contributed by atoms with Gasteiger partial charge in [0, 0.05) is 7.05 Å². The fourth-order valence-electron chi connectivity index (χ4n) is 1.91. The summed E-state index contributed by atoms with van der Waals surface area (Å²) >= 11 is 1.44. The van der Waals surface area contributed by atoms with Crippen LogP contribution in [0.5, 0.6) is 0 Å². The van der Waals surface area contributed by atoms with Gasteiger partial charge in [-0.2, -0.15) is 4.39 Å². The second-order valence-corrected chi connectivity index (χ2v) is 5.14. The number of hydrogen-bond acceptors (Lipinski definition) is 6. The molecule has 108 valence electrons. The maximum atomic E-state index is 13.3. The van der Waals surface area contributed by atoms with E-state index in [1.807, 2.05) is 16.4 Å². The summed E-state index contributed by atoms with van der Waals surface area (Å²) < 4.78 is 14.3. The Hall–Kier alpha value is -2.55. The maximum Gasteiger partial charge on any atom is 0.328 e. The number of hydrogen-bond donors (Lipinski definition) is 2. The molecule has 0 amide bonds. The van der Waals surface area contributed by atoms with Crippen molar-refractivity contribution < 1.29 is 4.39 Å². The van der Waals surface area contributed by atoms with Crippen molar-refractivity contribution >= 4 is 27.4 Å². The molecular formula is C12H10FN5O2S. The predicted molar refractivity (Wildman–Crippen MR) is 77.3 cm³/mol. The second kappa shape index (κ2) is 5.09. The summed E-state index contributed by atoms with van der Waals surface area (Å²) in [5.41, 5.74) is -1.75. The van der Waals surface area contributed by atoms with Crippen molar-refractivity contribution in [2.45, 2.75) is 6.54 Å². The Kier molecular flexibility index (Phi) is 3.26. The lowest BCUT2D eigenvalue weighted by molar-refractivity contribution is 0.561. The number of aromatic amines is 1. The van der Waals surface area contributed by atoms with Crippen molar-refractivity contribution in [1.29, 1.82) is 0 Å². The molecule has 0 atom stereocenters. The van der Waals surface area contributed by atoms with E-state index < -0.39 is 17.1 Å². The number of nitrogens with one attached hydrogen (secondary N) is 2. The predicted octanol–water partition coefficient (Wildman–Crippen LogP) is 0.770. The van der Waals surface area contributed by atoms with Gasteiger partial charge < -0.3 is 5.32 Å². The number of halogens is 1. The molecule has 0 aliphatic heterocycles. The third-order valence-electron chi connectivity index (χ3n) is 2.89. The van der Waals surface area contributed by atoms with E-state index in [4.69, 9.17) is 0 Å².